The molecule has 5 N–H and O–H groups in total. The molecule has 0 bridgehead atoms. The first-order chi connectivity index (χ1) is 19.8. The van der Waals surface area contributed by atoms with Gasteiger partial charge in [-0.2, -0.15) is 0 Å². The summed E-state index contributed by atoms with van der Waals surface area (Å²) in [6.45, 7) is 13.8. The topological polar surface area (TPSA) is 118 Å². The number of hydrogen-bond donors (Lipinski definition) is 3. The molecule has 1 fully saturated rings. The van der Waals surface area contributed by atoms with Crippen molar-refractivity contribution in [2.24, 2.45) is 22.1 Å². The number of aromatic nitrogens is 2. The summed E-state index contributed by atoms with van der Waals surface area (Å²) in [6, 6.07) is 4.24. The van der Waals surface area contributed by atoms with Gasteiger partial charge in [0, 0.05) is 41.8 Å². The normalized spacial score (nSPS) is 21.9. The number of hydrogen-bond acceptors (Lipinski definition) is 11. The molecule has 1 saturated heterocycles. The average molecular weight is 593 g/mol. The zero-order chi connectivity index (χ0) is 28.7. The van der Waals surface area contributed by atoms with Crippen molar-refractivity contribution < 1.29 is 4.28 Å². The number of allylic oxidation sites excluding steroid dienone is 1. The molecular formula is C30H40N8OS2. The number of benzene rings is 1. The number of piperidine rings is 1. The zero-order valence-electron chi connectivity index (χ0n) is 24.2. The molecular weight excluding hydrogens is 553 g/mol. The second-order valence-electron chi connectivity index (χ2n) is 11.7. The molecule has 9 nitrogen and oxygen atoms in total. The Labute approximate surface area is 251 Å². The van der Waals surface area contributed by atoms with E-state index in [0.717, 1.165) is 101 Å². The van der Waals surface area contributed by atoms with E-state index in [4.69, 9.17) is 30.7 Å². The van der Waals surface area contributed by atoms with Crippen molar-refractivity contribution in [1.29, 1.82) is 0 Å². The molecule has 1 aromatic heterocycles. The predicted octanol–water partition coefficient (Wildman–Crippen LogP) is 5.87. The zero-order valence-corrected chi connectivity index (χ0v) is 25.8. The lowest BCUT2D eigenvalue weighted by atomic mass is 9.73. The van der Waals surface area contributed by atoms with Crippen LogP contribution in [0.15, 0.2) is 50.4 Å². The highest BCUT2D eigenvalue weighted by atomic mass is 32.2. The third kappa shape index (κ3) is 5.22. The second kappa shape index (κ2) is 11.5. The highest BCUT2D eigenvalue weighted by Gasteiger charge is 2.49. The standard InChI is InChI=1S/C30H40N8OS2/c1-5-7-20-23(9-8-21-25(20)19(4)38(17-34-21)16-18(3)6-2)40-29-28(32)35-24(15-33-29)37-12-10-30(11-13-37)14-22-26(27(30)31)41-39-36-22/h8-9,15,17-18,27,36H,4-7,10-14,16,31H2,1-3H3,(H2,32,35). The lowest BCUT2D eigenvalue weighted by molar-refractivity contribution is 0.186. The van der Waals surface area contributed by atoms with Gasteiger partial charge < -0.3 is 21.3 Å². The van der Waals surface area contributed by atoms with E-state index in [1.807, 2.05) is 12.5 Å². The quantitative estimate of drug-likeness (QED) is 0.321. The summed E-state index contributed by atoms with van der Waals surface area (Å²) in [6.07, 6.45) is 9.80. The van der Waals surface area contributed by atoms with Crippen LogP contribution in [-0.4, -0.2) is 46.9 Å². The summed E-state index contributed by atoms with van der Waals surface area (Å²) in [7, 11) is 0. The molecule has 0 radical (unpaired) electrons. The van der Waals surface area contributed by atoms with E-state index >= 15 is 0 Å². The Morgan fingerprint density at radius 2 is 2.10 bits per heavy atom. The Kier molecular flexibility index (Phi) is 7.97. The van der Waals surface area contributed by atoms with Crippen LogP contribution in [0.25, 0.3) is 5.70 Å². The van der Waals surface area contributed by atoms with Gasteiger partial charge in [-0.05, 0) is 54.7 Å². The first-order valence-electron chi connectivity index (χ1n) is 14.6. The molecule has 2 aromatic rings. The van der Waals surface area contributed by atoms with E-state index in [9.17, 15) is 0 Å². The fourth-order valence-corrected chi connectivity index (χ4v) is 8.04. The first-order valence-corrected chi connectivity index (χ1v) is 16.2. The van der Waals surface area contributed by atoms with Crippen LogP contribution >= 0.6 is 23.8 Å². The Bertz CT molecular complexity index is 1400. The fraction of sp³-hybridized carbons (Fsp3) is 0.500. The molecule has 1 aromatic carbocycles. The summed E-state index contributed by atoms with van der Waals surface area (Å²) in [5.41, 5.74) is 21.9. The van der Waals surface area contributed by atoms with Gasteiger partial charge in [-0.25, -0.2) is 19.2 Å². The van der Waals surface area contributed by atoms with Crippen LogP contribution in [0.3, 0.4) is 0 Å². The summed E-state index contributed by atoms with van der Waals surface area (Å²) in [5, 5.41) is 0.724. The summed E-state index contributed by atoms with van der Waals surface area (Å²) >= 11 is 2.96. The van der Waals surface area contributed by atoms with Crippen molar-refractivity contribution in [1.82, 2.24) is 20.3 Å². The molecule has 11 heteroatoms. The molecule has 0 saturated carbocycles. The maximum atomic E-state index is 6.67. The van der Waals surface area contributed by atoms with Crippen molar-refractivity contribution >= 4 is 53.2 Å². The molecule has 2 unspecified atom stereocenters. The van der Waals surface area contributed by atoms with E-state index in [0.29, 0.717) is 11.7 Å². The minimum atomic E-state index is 0.0208. The number of nitrogens with zero attached hydrogens (tertiary/aromatic N) is 5. The number of fused-ring (bicyclic) bond motifs is 1. The summed E-state index contributed by atoms with van der Waals surface area (Å²) < 4.78 is 5.30. The van der Waals surface area contributed by atoms with Crippen LogP contribution < -0.4 is 21.8 Å². The molecule has 4 heterocycles. The highest BCUT2D eigenvalue weighted by Crippen LogP contribution is 2.53. The molecule has 3 aliphatic heterocycles. The summed E-state index contributed by atoms with van der Waals surface area (Å²) in [4.78, 5) is 21.2. The molecule has 1 spiro atoms. The maximum Gasteiger partial charge on any atom is 0.158 e. The third-order valence-electron chi connectivity index (χ3n) is 9.03. The van der Waals surface area contributed by atoms with Gasteiger partial charge in [0.25, 0.3) is 0 Å². The molecule has 1 aliphatic carbocycles. The van der Waals surface area contributed by atoms with Crippen molar-refractivity contribution in [3.05, 3.63) is 46.6 Å². The summed E-state index contributed by atoms with van der Waals surface area (Å²) in [5.74, 6) is 1.84. The van der Waals surface area contributed by atoms with E-state index in [-0.39, 0.29) is 11.5 Å². The maximum absolute atomic E-state index is 6.67. The second-order valence-corrected chi connectivity index (χ2v) is 13.5. The number of hydroxylamine groups is 1. The van der Waals surface area contributed by atoms with Gasteiger partial charge in [0.05, 0.1) is 40.9 Å². The third-order valence-corrected chi connectivity index (χ3v) is 11.0. The van der Waals surface area contributed by atoms with Crippen LogP contribution in [0.1, 0.15) is 64.0 Å². The SMILES string of the molecule is C=C1c2c(ccc(Sc3ncc(N4CCC5(CC4)CC4=C(SON4)C5N)nc3N)c2CCC)N=CN1CC(C)CC. The number of nitrogen functional groups attached to an aromatic ring is 1. The van der Waals surface area contributed by atoms with Gasteiger partial charge in [-0.15, -0.1) is 0 Å². The Hall–Kier alpha value is -2.73. The predicted molar refractivity (Wildman–Crippen MR) is 170 cm³/mol. The fourth-order valence-electron chi connectivity index (χ4n) is 6.31. The smallest absolute Gasteiger partial charge is 0.158 e. The molecule has 0 amide bonds. The average Bonchev–Trinajstić information content (AvgIpc) is 3.53. The molecule has 41 heavy (non-hydrogen) atoms. The van der Waals surface area contributed by atoms with E-state index in [1.165, 1.54) is 17.6 Å². The van der Waals surface area contributed by atoms with E-state index in [2.05, 4.69) is 54.8 Å². The van der Waals surface area contributed by atoms with Crippen LogP contribution in [0.2, 0.25) is 0 Å². The number of nitrogens with two attached hydrogens (primary N) is 2. The first kappa shape index (κ1) is 28.4. The molecule has 2 atom stereocenters. The van der Waals surface area contributed by atoms with Crippen LogP contribution in [-0.2, 0) is 10.7 Å². The monoisotopic (exact) mass is 592 g/mol. The van der Waals surface area contributed by atoms with Crippen LogP contribution in [0.5, 0.6) is 0 Å². The van der Waals surface area contributed by atoms with Crippen molar-refractivity contribution in [3.63, 3.8) is 0 Å². The van der Waals surface area contributed by atoms with Crippen molar-refractivity contribution in [2.75, 3.05) is 30.3 Å². The van der Waals surface area contributed by atoms with E-state index in [1.54, 1.807) is 11.8 Å². The number of nitrogens with one attached hydrogen (secondary N) is 1. The number of rotatable bonds is 8. The van der Waals surface area contributed by atoms with Gasteiger partial charge in [-0.3, -0.25) is 5.48 Å². The van der Waals surface area contributed by atoms with Gasteiger partial charge in [0.15, 0.2) is 5.82 Å². The number of aliphatic imine (C=N–C) groups is 1. The van der Waals surface area contributed by atoms with Crippen molar-refractivity contribution in [3.8, 4) is 0 Å². The van der Waals surface area contributed by atoms with Gasteiger partial charge in [-0.1, -0.05) is 52.0 Å². The van der Waals surface area contributed by atoms with Gasteiger partial charge >= 0.3 is 0 Å². The van der Waals surface area contributed by atoms with Crippen molar-refractivity contribution in [2.45, 2.75) is 75.3 Å². The lowest BCUT2D eigenvalue weighted by Crippen LogP contribution is -2.48. The van der Waals surface area contributed by atoms with Gasteiger partial charge in [0.1, 0.15) is 10.8 Å². The van der Waals surface area contributed by atoms with Crippen LogP contribution in [0.4, 0.5) is 17.3 Å². The molecule has 6 rings (SSSR count). The Morgan fingerprint density at radius 1 is 1.29 bits per heavy atom. The molecule has 218 valence electrons. The highest BCUT2D eigenvalue weighted by molar-refractivity contribution is 7.99. The van der Waals surface area contributed by atoms with Crippen LogP contribution in [0, 0.1) is 11.3 Å². The largest absolute Gasteiger partial charge is 0.381 e. The number of anilines is 2. The van der Waals surface area contributed by atoms with E-state index < -0.39 is 0 Å². The minimum Gasteiger partial charge on any atom is -0.381 e. The Morgan fingerprint density at radius 3 is 2.80 bits per heavy atom. The van der Waals surface area contributed by atoms with Gasteiger partial charge in [0.2, 0.25) is 0 Å². The lowest BCUT2D eigenvalue weighted by Gasteiger charge is -2.43. The molecule has 4 aliphatic rings. The minimum absolute atomic E-state index is 0.0208. The Balaban J connectivity index is 1.18.